The number of Topliss-reactive ketones (excluding diaryl/α,β-unsaturated/α-hetero) is 1. The topological polar surface area (TPSA) is 79.1 Å². The van der Waals surface area contributed by atoms with E-state index in [9.17, 15) is 9.90 Å². The fraction of sp³-hybridized carbons (Fsp3) is 0.467. The third-order valence-corrected chi connectivity index (χ3v) is 4.20. The number of aromatic nitrogens is 2. The quantitative estimate of drug-likeness (QED) is 0.877. The number of aryl methyl sites for hydroxylation is 1. The Morgan fingerprint density at radius 2 is 2.35 bits per heavy atom. The van der Waals surface area contributed by atoms with Crippen molar-refractivity contribution in [2.45, 2.75) is 38.7 Å². The van der Waals surface area contributed by atoms with Crippen LogP contribution in [0.15, 0.2) is 22.8 Å². The second-order valence-electron chi connectivity index (χ2n) is 5.82. The maximum Gasteiger partial charge on any atom is 0.136 e. The number of fused-ring (bicyclic) bond motifs is 1. The monoisotopic (exact) mass is 274 g/mol. The highest BCUT2D eigenvalue weighted by molar-refractivity contribution is 5.82. The number of nitrogens with zero attached hydrogens (tertiary/aromatic N) is 1. The number of nitrogens with one attached hydrogen (secondary N) is 1. The molecule has 2 N–H and O–H groups in total. The predicted octanol–water partition coefficient (Wildman–Crippen LogP) is 1.96. The summed E-state index contributed by atoms with van der Waals surface area (Å²) in [4.78, 5) is 12.1. The van der Waals surface area contributed by atoms with Gasteiger partial charge in [-0.05, 0) is 32.9 Å². The van der Waals surface area contributed by atoms with Crippen LogP contribution >= 0.6 is 0 Å². The number of hydrogen-bond donors (Lipinski definition) is 2. The minimum atomic E-state index is -1.13. The molecule has 0 radical (unpaired) electrons. The molecule has 0 saturated heterocycles. The molecule has 0 amide bonds. The highest BCUT2D eigenvalue weighted by atomic mass is 16.3. The molecule has 106 valence electrons. The normalized spacial score (nSPS) is 29.2. The average Bonchev–Trinajstić information content (AvgIpc) is 2.96. The van der Waals surface area contributed by atoms with E-state index in [1.807, 2.05) is 13.0 Å². The van der Waals surface area contributed by atoms with Crippen molar-refractivity contribution in [3.8, 4) is 0 Å². The van der Waals surface area contributed by atoms with E-state index in [1.54, 1.807) is 19.3 Å². The van der Waals surface area contributed by atoms with Gasteiger partial charge in [0.25, 0.3) is 0 Å². The van der Waals surface area contributed by atoms with Gasteiger partial charge in [-0.2, -0.15) is 5.10 Å². The third kappa shape index (κ3) is 1.81. The fourth-order valence-corrected chi connectivity index (χ4v) is 3.46. The molecule has 1 aliphatic rings. The first kappa shape index (κ1) is 13.1. The summed E-state index contributed by atoms with van der Waals surface area (Å²) in [5, 5.41) is 17.9. The first-order valence-corrected chi connectivity index (χ1v) is 6.72. The van der Waals surface area contributed by atoms with Crippen LogP contribution in [-0.2, 0) is 11.2 Å². The lowest BCUT2D eigenvalue weighted by Crippen LogP contribution is -2.48. The van der Waals surface area contributed by atoms with Crippen molar-refractivity contribution in [2.75, 3.05) is 0 Å². The van der Waals surface area contributed by atoms with Gasteiger partial charge in [0.2, 0.25) is 0 Å². The van der Waals surface area contributed by atoms with Crippen molar-refractivity contribution in [1.29, 1.82) is 0 Å². The Morgan fingerprint density at radius 1 is 1.60 bits per heavy atom. The fourth-order valence-electron chi connectivity index (χ4n) is 3.46. The van der Waals surface area contributed by atoms with E-state index in [-0.39, 0.29) is 11.7 Å². The van der Waals surface area contributed by atoms with E-state index < -0.39 is 11.5 Å². The zero-order valence-corrected chi connectivity index (χ0v) is 11.8. The molecule has 5 heteroatoms. The maximum atomic E-state index is 12.1. The summed E-state index contributed by atoms with van der Waals surface area (Å²) in [6, 6.07) is 3.64. The number of ketones is 1. The van der Waals surface area contributed by atoms with Crippen LogP contribution < -0.4 is 0 Å². The van der Waals surface area contributed by atoms with Gasteiger partial charge in [0, 0.05) is 17.7 Å². The van der Waals surface area contributed by atoms with E-state index in [2.05, 4.69) is 10.2 Å². The summed E-state index contributed by atoms with van der Waals surface area (Å²) in [7, 11) is 0. The molecule has 2 aromatic rings. The SMILES string of the molecule is CC(=O)[C@H]1[C@H](c2ccco2)c2c(n[nH]c2C)C[C@@]1(C)O. The average molecular weight is 274 g/mol. The van der Waals surface area contributed by atoms with Gasteiger partial charge in [-0.25, -0.2) is 0 Å². The summed E-state index contributed by atoms with van der Waals surface area (Å²) in [5.41, 5.74) is 1.58. The lowest BCUT2D eigenvalue weighted by atomic mass is 9.66. The Labute approximate surface area is 117 Å². The van der Waals surface area contributed by atoms with E-state index in [1.165, 1.54) is 6.92 Å². The molecule has 0 spiro atoms. The second kappa shape index (κ2) is 4.31. The van der Waals surface area contributed by atoms with Gasteiger partial charge in [0.05, 0.1) is 29.4 Å². The molecule has 1 aliphatic carbocycles. The van der Waals surface area contributed by atoms with Gasteiger partial charge in [0.1, 0.15) is 11.5 Å². The third-order valence-electron chi connectivity index (χ3n) is 4.20. The molecule has 3 rings (SSSR count). The van der Waals surface area contributed by atoms with Crippen molar-refractivity contribution in [2.24, 2.45) is 5.92 Å². The highest BCUT2D eigenvalue weighted by Crippen LogP contribution is 2.46. The van der Waals surface area contributed by atoms with Crippen LogP contribution in [-0.4, -0.2) is 26.7 Å². The van der Waals surface area contributed by atoms with Gasteiger partial charge in [-0.15, -0.1) is 0 Å². The number of carbonyl (C=O) groups is 1. The Balaban J connectivity index is 2.23. The molecule has 0 unspecified atom stereocenters. The number of rotatable bonds is 2. The van der Waals surface area contributed by atoms with E-state index in [4.69, 9.17) is 4.42 Å². The van der Waals surface area contributed by atoms with Crippen molar-refractivity contribution in [3.63, 3.8) is 0 Å². The van der Waals surface area contributed by atoms with Crippen molar-refractivity contribution < 1.29 is 14.3 Å². The summed E-state index contributed by atoms with van der Waals surface area (Å²) < 4.78 is 5.52. The number of carbonyl (C=O) groups excluding carboxylic acids is 1. The number of furan rings is 1. The molecule has 2 aromatic heterocycles. The Hall–Kier alpha value is -1.88. The molecule has 0 bridgehead atoms. The summed E-state index contributed by atoms with van der Waals surface area (Å²) in [6.07, 6.45) is 1.96. The van der Waals surface area contributed by atoms with Crippen LogP contribution in [0.25, 0.3) is 0 Å². The zero-order chi connectivity index (χ0) is 14.5. The first-order valence-electron chi connectivity index (χ1n) is 6.72. The Kier molecular flexibility index (Phi) is 2.83. The molecule has 0 saturated carbocycles. The number of aromatic amines is 1. The van der Waals surface area contributed by atoms with Gasteiger partial charge < -0.3 is 9.52 Å². The van der Waals surface area contributed by atoms with E-state index in [0.29, 0.717) is 12.2 Å². The number of H-pyrrole nitrogens is 1. The van der Waals surface area contributed by atoms with Crippen LogP contribution in [0.3, 0.4) is 0 Å². The standard InChI is InChI=1S/C15H18N2O3/c1-8-12-10(17-16-8)7-15(3,19)14(9(2)18)13(12)11-5-4-6-20-11/h4-6,13-14,19H,7H2,1-3H3,(H,16,17)/t13-,14+,15-/m1/s1. The molecule has 5 nitrogen and oxygen atoms in total. The van der Waals surface area contributed by atoms with Crippen LogP contribution in [0.2, 0.25) is 0 Å². The van der Waals surface area contributed by atoms with Crippen LogP contribution in [0.4, 0.5) is 0 Å². The molecule has 20 heavy (non-hydrogen) atoms. The Morgan fingerprint density at radius 3 is 2.95 bits per heavy atom. The largest absolute Gasteiger partial charge is 0.469 e. The molecule has 0 fully saturated rings. The van der Waals surface area contributed by atoms with Gasteiger partial charge in [-0.3, -0.25) is 9.89 Å². The van der Waals surface area contributed by atoms with Crippen molar-refractivity contribution >= 4 is 5.78 Å². The molecule has 2 heterocycles. The van der Waals surface area contributed by atoms with Crippen LogP contribution in [0.5, 0.6) is 0 Å². The molecular weight excluding hydrogens is 256 g/mol. The van der Waals surface area contributed by atoms with Gasteiger partial charge in [0.15, 0.2) is 0 Å². The first-order chi connectivity index (χ1) is 9.42. The maximum absolute atomic E-state index is 12.1. The minimum Gasteiger partial charge on any atom is -0.469 e. The molecule has 0 aliphatic heterocycles. The number of hydrogen-bond acceptors (Lipinski definition) is 4. The van der Waals surface area contributed by atoms with Gasteiger partial charge >= 0.3 is 0 Å². The predicted molar refractivity (Wildman–Crippen MR) is 72.4 cm³/mol. The lowest BCUT2D eigenvalue weighted by Gasteiger charge is -2.40. The minimum absolute atomic E-state index is 0.0392. The second-order valence-corrected chi connectivity index (χ2v) is 5.82. The smallest absolute Gasteiger partial charge is 0.136 e. The van der Waals surface area contributed by atoms with Crippen molar-refractivity contribution in [1.82, 2.24) is 10.2 Å². The Bertz CT molecular complexity index is 640. The zero-order valence-electron chi connectivity index (χ0n) is 11.8. The van der Waals surface area contributed by atoms with E-state index >= 15 is 0 Å². The number of aliphatic hydroxyl groups is 1. The lowest BCUT2D eigenvalue weighted by molar-refractivity contribution is -0.131. The van der Waals surface area contributed by atoms with Gasteiger partial charge in [-0.1, -0.05) is 0 Å². The molecular formula is C15H18N2O3. The summed E-state index contributed by atoms with van der Waals surface area (Å²) >= 11 is 0. The highest BCUT2D eigenvalue weighted by Gasteiger charge is 2.49. The van der Waals surface area contributed by atoms with Crippen molar-refractivity contribution in [3.05, 3.63) is 41.1 Å². The summed E-state index contributed by atoms with van der Waals surface area (Å²) in [5.74, 6) is -0.170. The molecule has 3 atom stereocenters. The van der Waals surface area contributed by atoms with Crippen LogP contribution in [0, 0.1) is 12.8 Å². The summed E-state index contributed by atoms with van der Waals surface area (Å²) in [6.45, 7) is 5.15. The van der Waals surface area contributed by atoms with E-state index in [0.717, 1.165) is 17.0 Å². The molecule has 0 aromatic carbocycles. The van der Waals surface area contributed by atoms with Crippen LogP contribution in [0.1, 0.15) is 42.5 Å².